The van der Waals surface area contributed by atoms with Crippen LogP contribution in [0.25, 0.3) is 10.4 Å². The van der Waals surface area contributed by atoms with Gasteiger partial charge < -0.3 is 20.3 Å². The molecule has 1 saturated heterocycles. The minimum absolute atomic E-state index is 0.0337. The number of anilines is 1. The standard InChI is InChI=1S/C19H21ClN2O7S2/c1-31(27,28)22(12-5-7-21-8-6-12)13-4-2-3-11(9-13)17-15(20)16(29-10-14(23)24)18(30-17)19(25)26/h2-4,9,12,21H,5-8,10H2,1H3,(H,23,24)(H,25,26). The lowest BCUT2D eigenvalue weighted by atomic mass is 10.1. The Morgan fingerprint density at radius 3 is 2.55 bits per heavy atom. The summed E-state index contributed by atoms with van der Waals surface area (Å²) in [5.74, 6) is -2.80. The highest BCUT2D eigenvalue weighted by Crippen LogP contribution is 2.46. The molecule has 0 spiro atoms. The molecule has 1 aliphatic rings. The maximum atomic E-state index is 12.6. The lowest BCUT2D eigenvalue weighted by Crippen LogP contribution is -2.45. The number of thiophene rings is 1. The third-order valence-electron chi connectivity index (χ3n) is 4.70. The first kappa shape index (κ1) is 23.3. The van der Waals surface area contributed by atoms with Gasteiger partial charge in [-0.3, -0.25) is 4.31 Å². The highest BCUT2D eigenvalue weighted by atomic mass is 35.5. The van der Waals surface area contributed by atoms with E-state index < -0.39 is 28.6 Å². The second-order valence-corrected chi connectivity index (χ2v) is 10.2. The Kier molecular flexibility index (Phi) is 7.10. The summed E-state index contributed by atoms with van der Waals surface area (Å²) in [4.78, 5) is 22.5. The molecule has 0 atom stereocenters. The molecule has 0 amide bonds. The Hall–Kier alpha value is -2.34. The number of carbonyl (C=O) groups is 2. The second-order valence-electron chi connectivity index (χ2n) is 6.98. The zero-order chi connectivity index (χ0) is 22.8. The van der Waals surface area contributed by atoms with Gasteiger partial charge in [0.2, 0.25) is 10.0 Å². The number of benzene rings is 1. The van der Waals surface area contributed by atoms with Crippen LogP contribution in [-0.4, -0.2) is 62.6 Å². The average Bonchev–Trinajstić information content (AvgIpc) is 3.03. The fraction of sp³-hybridized carbons (Fsp3) is 0.368. The Morgan fingerprint density at radius 1 is 1.29 bits per heavy atom. The summed E-state index contributed by atoms with van der Waals surface area (Å²) >= 11 is 7.19. The van der Waals surface area contributed by atoms with E-state index in [-0.39, 0.29) is 21.7 Å². The van der Waals surface area contributed by atoms with Gasteiger partial charge in [0.1, 0.15) is 5.02 Å². The number of ether oxygens (including phenoxy) is 1. The van der Waals surface area contributed by atoms with Crippen molar-refractivity contribution in [1.82, 2.24) is 5.32 Å². The van der Waals surface area contributed by atoms with Gasteiger partial charge in [0, 0.05) is 6.04 Å². The van der Waals surface area contributed by atoms with E-state index in [0.717, 1.165) is 17.6 Å². The van der Waals surface area contributed by atoms with Gasteiger partial charge in [-0.1, -0.05) is 23.7 Å². The Balaban J connectivity index is 2.05. The summed E-state index contributed by atoms with van der Waals surface area (Å²) in [5.41, 5.74) is 0.948. The quantitative estimate of drug-likeness (QED) is 0.516. The zero-order valence-corrected chi connectivity index (χ0v) is 18.9. The Morgan fingerprint density at radius 2 is 1.97 bits per heavy atom. The van der Waals surface area contributed by atoms with Gasteiger partial charge in [-0.05, 0) is 43.6 Å². The largest absolute Gasteiger partial charge is 0.479 e. The highest BCUT2D eigenvalue weighted by molar-refractivity contribution is 7.92. The first-order valence-corrected chi connectivity index (χ1v) is 12.3. The van der Waals surface area contributed by atoms with Crippen molar-refractivity contribution >= 4 is 50.6 Å². The third kappa shape index (κ3) is 5.29. The average molecular weight is 489 g/mol. The van der Waals surface area contributed by atoms with E-state index in [0.29, 0.717) is 42.1 Å². The van der Waals surface area contributed by atoms with Crippen molar-refractivity contribution in [2.45, 2.75) is 18.9 Å². The second kappa shape index (κ2) is 9.43. The molecule has 2 heterocycles. The summed E-state index contributed by atoms with van der Waals surface area (Å²) < 4.78 is 31.6. The lowest BCUT2D eigenvalue weighted by molar-refractivity contribution is -0.139. The molecule has 0 bridgehead atoms. The van der Waals surface area contributed by atoms with Crippen LogP contribution < -0.4 is 14.4 Å². The third-order valence-corrected chi connectivity index (χ3v) is 7.61. The zero-order valence-electron chi connectivity index (χ0n) is 16.5. The van der Waals surface area contributed by atoms with Crippen LogP contribution in [0.5, 0.6) is 5.75 Å². The topological polar surface area (TPSA) is 133 Å². The first-order chi connectivity index (χ1) is 14.6. The van der Waals surface area contributed by atoms with Crippen molar-refractivity contribution in [1.29, 1.82) is 0 Å². The SMILES string of the molecule is CS(=O)(=O)N(c1cccc(-c2sc(C(=O)O)c(OCC(=O)O)c2Cl)c1)C1CCNCC1. The molecule has 0 aliphatic carbocycles. The fourth-order valence-electron chi connectivity index (χ4n) is 3.48. The van der Waals surface area contributed by atoms with Gasteiger partial charge in [0.05, 0.1) is 16.8 Å². The molecule has 3 N–H and O–H groups in total. The van der Waals surface area contributed by atoms with E-state index >= 15 is 0 Å². The minimum atomic E-state index is -3.57. The number of rotatable bonds is 8. The molecule has 2 aromatic rings. The summed E-state index contributed by atoms with van der Waals surface area (Å²) in [6, 6.07) is 6.45. The maximum Gasteiger partial charge on any atom is 0.349 e. The number of aliphatic carboxylic acids is 1. The number of piperidine rings is 1. The van der Waals surface area contributed by atoms with Crippen LogP contribution in [0.3, 0.4) is 0 Å². The monoisotopic (exact) mass is 488 g/mol. The molecule has 168 valence electrons. The highest BCUT2D eigenvalue weighted by Gasteiger charge is 2.29. The van der Waals surface area contributed by atoms with Crippen LogP contribution in [0.2, 0.25) is 5.02 Å². The molecule has 12 heteroatoms. The molecule has 31 heavy (non-hydrogen) atoms. The first-order valence-electron chi connectivity index (χ1n) is 9.30. The molecule has 1 aliphatic heterocycles. The number of sulfonamides is 1. The van der Waals surface area contributed by atoms with Crippen molar-refractivity contribution in [2.75, 3.05) is 30.3 Å². The normalized spacial score (nSPS) is 14.9. The van der Waals surface area contributed by atoms with E-state index in [2.05, 4.69) is 5.32 Å². The van der Waals surface area contributed by atoms with Crippen LogP contribution in [0.15, 0.2) is 24.3 Å². The van der Waals surface area contributed by atoms with Crippen molar-refractivity contribution in [3.63, 3.8) is 0 Å². The molecular formula is C19H21ClN2O7S2. The summed E-state index contributed by atoms with van der Waals surface area (Å²) in [6.45, 7) is 0.673. The van der Waals surface area contributed by atoms with Gasteiger partial charge in [0.15, 0.2) is 17.2 Å². The number of carboxylic acid groups (broad SMARTS) is 2. The van der Waals surface area contributed by atoms with Gasteiger partial charge in [-0.2, -0.15) is 0 Å². The van der Waals surface area contributed by atoms with Crippen LogP contribution >= 0.6 is 22.9 Å². The molecule has 1 aromatic heterocycles. The summed E-state index contributed by atoms with van der Waals surface area (Å²) in [7, 11) is -3.57. The summed E-state index contributed by atoms with van der Waals surface area (Å²) in [5, 5.41) is 21.5. The van der Waals surface area contributed by atoms with E-state index in [1.165, 1.54) is 4.31 Å². The molecular weight excluding hydrogens is 468 g/mol. The number of nitrogens with zero attached hydrogens (tertiary/aromatic N) is 1. The number of carboxylic acids is 2. The molecule has 3 rings (SSSR count). The predicted octanol–water partition coefficient (Wildman–Crippen LogP) is 2.75. The van der Waals surface area contributed by atoms with E-state index in [9.17, 15) is 23.1 Å². The smallest absolute Gasteiger partial charge is 0.349 e. The van der Waals surface area contributed by atoms with Gasteiger partial charge in [-0.25, -0.2) is 18.0 Å². The van der Waals surface area contributed by atoms with Crippen molar-refractivity contribution in [3.05, 3.63) is 34.2 Å². The molecule has 9 nitrogen and oxygen atoms in total. The Bertz CT molecular complexity index is 1090. The number of halogens is 1. The van der Waals surface area contributed by atoms with Crippen LogP contribution in [0, 0.1) is 0 Å². The number of nitrogens with one attached hydrogen (secondary N) is 1. The lowest BCUT2D eigenvalue weighted by Gasteiger charge is -2.34. The number of aromatic carboxylic acids is 1. The van der Waals surface area contributed by atoms with Crippen molar-refractivity contribution < 1.29 is 33.0 Å². The summed E-state index contributed by atoms with van der Waals surface area (Å²) in [6.07, 6.45) is 2.47. The van der Waals surface area contributed by atoms with Crippen molar-refractivity contribution in [2.24, 2.45) is 0 Å². The maximum absolute atomic E-state index is 12.6. The van der Waals surface area contributed by atoms with Crippen LogP contribution in [0.4, 0.5) is 5.69 Å². The van der Waals surface area contributed by atoms with Crippen molar-refractivity contribution in [3.8, 4) is 16.2 Å². The minimum Gasteiger partial charge on any atom is -0.479 e. The van der Waals surface area contributed by atoms with E-state index in [4.69, 9.17) is 21.4 Å². The molecule has 0 saturated carbocycles. The molecule has 0 radical (unpaired) electrons. The van der Waals surface area contributed by atoms with Gasteiger partial charge in [0.25, 0.3) is 0 Å². The predicted molar refractivity (Wildman–Crippen MR) is 118 cm³/mol. The van der Waals surface area contributed by atoms with Gasteiger partial charge in [-0.15, -0.1) is 11.3 Å². The van der Waals surface area contributed by atoms with E-state index in [1.54, 1.807) is 24.3 Å². The van der Waals surface area contributed by atoms with Crippen LogP contribution in [-0.2, 0) is 14.8 Å². The Labute approximate surface area is 188 Å². The molecule has 0 unspecified atom stereocenters. The van der Waals surface area contributed by atoms with E-state index in [1.807, 2.05) is 0 Å². The molecule has 1 aromatic carbocycles. The fourth-order valence-corrected chi connectivity index (χ4v) is 6.13. The number of hydrogen-bond acceptors (Lipinski definition) is 7. The van der Waals surface area contributed by atoms with Crippen LogP contribution in [0.1, 0.15) is 22.5 Å². The molecule has 1 fully saturated rings. The number of hydrogen-bond donors (Lipinski definition) is 3. The van der Waals surface area contributed by atoms with Gasteiger partial charge >= 0.3 is 11.9 Å².